The van der Waals surface area contributed by atoms with E-state index in [1.54, 1.807) is 12.3 Å². The Hall–Kier alpha value is -0.700. The van der Waals surface area contributed by atoms with Crippen LogP contribution in [0.25, 0.3) is 0 Å². The first kappa shape index (κ1) is 15.7. The Morgan fingerprint density at radius 1 is 1.50 bits per heavy atom. The van der Waals surface area contributed by atoms with Crippen LogP contribution in [0.1, 0.15) is 19.8 Å². The molecule has 0 saturated carbocycles. The van der Waals surface area contributed by atoms with Gasteiger partial charge in [-0.3, -0.25) is 0 Å². The molecule has 2 heterocycles. The number of hydrogen-bond acceptors (Lipinski definition) is 5. The van der Waals surface area contributed by atoms with E-state index >= 15 is 0 Å². The quantitative estimate of drug-likeness (QED) is 0.845. The normalized spacial score (nSPS) is 18.1. The Balaban J connectivity index is 2.35. The summed E-state index contributed by atoms with van der Waals surface area (Å²) >= 11 is 3.26. The summed E-state index contributed by atoms with van der Waals surface area (Å²) in [4.78, 5) is 4.30. The predicted octanol–water partition coefficient (Wildman–Crippen LogP) is 1.42. The highest BCUT2D eigenvalue weighted by atomic mass is 79.9. The maximum absolute atomic E-state index is 12.7. The topological polar surface area (TPSA) is 82.5 Å². The Bertz CT molecular complexity index is 571. The molecule has 1 aromatic rings. The van der Waals surface area contributed by atoms with Crippen LogP contribution in [0.5, 0.6) is 0 Å². The lowest BCUT2D eigenvalue weighted by molar-refractivity contribution is 0.113. The lowest BCUT2D eigenvalue weighted by Crippen LogP contribution is -2.40. The highest BCUT2D eigenvalue weighted by Crippen LogP contribution is 2.27. The van der Waals surface area contributed by atoms with Crippen LogP contribution in [-0.4, -0.2) is 48.6 Å². The number of rotatable bonds is 4. The van der Waals surface area contributed by atoms with E-state index in [2.05, 4.69) is 26.2 Å². The summed E-state index contributed by atoms with van der Waals surface area (Å²) < 4.78 is 27.4. The Labute approximate surface area is 127 Å². The number of sulfonamides is 1. The predicted molar refractivity (Wildman–Crippen MR) is 80.1 cm³/mol. The summed E-state index contributed by atoms with van der Waals surface area (Å²) in [6.45, 7) is 3.15. The number of anilines is 1. The molecule has 0 atom stereocenters. The molecule has 0 aromatic carbocycles. The summed E-state index contributed by atoms with van der Waals surface area (Å²) in [6, 6.07) is 1.56. The first-order valence-corrected chi connectivity index (χ1v) is 8.76. The molecule has 112 valence electrons. The number of halogens is 1. The van der Waals surface area contributed by atoms with Crippen molar-refractivity contribution >= 4 is 31.8 Å². The third-order valence-electron chi connectivity index (χ3n) is 3.20. The maximum Gasteiger partial charge on any atom is 0.246 e. The summed E-state index contributed by atoms with van der Waals surface area (Å²) in [5.74, 6) is 0.363. The van der Waals surface area contributed by atoms with Crippen molar-refractivity contribution in [3.05, 3.63) is 16.7 Å². The van der Waals surface area contributed by atoms with Crippen LogP contribution in [0.15, 0.2) is 21.6 Å². The van der Waals surface area contributed by atoms with Gasteiger partial charge in [-0.05, 0) is 41.8 Å². The van der Waals surface area contributed by atoms with Crippen molar-refractivity contribution in [2.24, 2.45) is 0 Å². The van der Waals surface area contributed by atoms with Crippen molar-refractivity contribution < 1.29 is 13.5 Å². The smallest absolute Gasteiger partial charge is 0.246 e. The van der Waals surface area contributed by atoms with Gasteiger partial charge in [0.15, 0.2) is 0 Å². The molecule has 0 radical (unpaired) electrons. The number of nitrogens with one attached hydrogen (secondary N) is 1. The molecule has 0 spiro atoms. The van der Waals surface area contributed by atoms with E-state index in [1.165, 1.54) is 4.31 Å². The van der Waals surface area contributed by atoms with Crippen LogP contribution < -0.4 is 5.32 Å². The van der Waals surface area contributed by atoms with Crippen molar-refractivity contribution in [3.63, 3.8) is 0 Å². The van der Waals surface area contributed by atoms with Gasteiger partial charge in [-0.1, -0.05) is 0 Å². The average molecular weight is 364 g/mol. The minimum Gasteiger partial charge on any atom is -0.393 e. The lowest BCUT2D eigenvalue weighted by Gasteiger charge is -2.29. The van der Waals surface area contributed by atoms with Gasteiger partial charge in [-0.25, -0.2) is 13.4 Å². The fourth-order valence-corrected chi connectivity index (χ4v) is 4.24. The van der Waals surface area contributed by atoms with Crippen molar-refractivity contribution in [2.75, 3.05) is 25.0 Å². The number of aromatic nitrogens is 1. The molecule has 6 nitrogen and oxygen atoms in total. The minimum absolute atomic E-state index is 0.171. The summed E-state index contributed by atoms with van der Waals surface area (Å²) in [7, 11) is -3.59. The Morgan fingerprint density at radius 3 is 2.75 bits per heavy atom. The lowest BCUT2D eigenvalue weighted by atomic mass is 10.1. The molecule has 1 aliphatic heterocycles. The third-order valence-corrected chi connectivity index (χ3v) is 5.55. The van der Waals surface area contributed by atoms with Crippen LogP contribution in [0.2, 0.25) is 0 Å². The fourth-order valence-electron chi connectivity index (χ4n) is 2.14. The number of aliphatic hydroxyl groups is 1. The van der Waals surface area contributed by atoms with Gasteiger partial charge in [-0.15, -0.1) is 0 Å². The largest absolute Gasteiger partial charge is 0.393 e. The van der Waals surface area contributed by atoms with Gasteiger partial charge in [-0.2, -0.15) is 4.31 Å². The van der Waals surface area contributed by atoms with Crippen LogP contribution in [0.4, 0.5) is 5.82 Å². The van der Waals surface area contributed by atoms with Crippen molar-refractivity contribution in [1.82, 2.24) is 9.29 Å². The number of nitrogens with zero attached hydrogens (tertiary/aromatic N) is 2. The highest BCUT2D eigenvalue weighted by molar-refractivity contribution is 9.10. The molecule has 1 saturated heterocycles. The molecule has 0 amide bonds. The van der Waals surface area contributed by atoms with E-state index in [-0.39, 0.29) is 4.90 Å². The molecule has 0 unspecified atom stereocenters. The van der Waals surface area contributed by atoms with E-state index in [0.717, 1.165) is 0 Å². The van der Waals surface area contributed by atoms with E-state index < -0.39 is 16.1 Å². The molecule has 0 bridgehead atoms. The minimum atomic E-state index is -3.59. The maximum atomic E-state index is 12.7. The van der Waals surface area contributed by atoms with Crippen molar-refractivity contribution in [1.29, 1.82) is 0 Å². The van der Waals surface area contributed by atoms with Gasteiger partial charge >= 0.3 is 0 Å². The summed E-state index contributed by atoms with van der Waals surface area (Å²) in [5, 5.41) is 12.5. The van der Waals surface area contributed by atoms with Crippen molar-refractivity contribution in [3.8, 4) is 0 Å². The second kappa shape index (κ2) is 6.38. The number of hydrogen-bond donors (Lipinski definition) is 2. The van der Waals surface area contributed by atoms with Gasteiger partial charge in [0.25, 0.3) is 0 Å². The monoisotopic (exact) mass is 363 g/mol. The Kier molecular flexibility index (Phi) is 5.00. The summed E-state index contributed by atoms with van der Waals surface area (Å²) in [5.41, 5.74) is 0. The zero-order valence-corrected chi connectivity index (χ0v) is 13.6. The van der Waals surface area contributed by atoms with Crippen LogP contribution >= 0.6 is 15.9 Å². The van der Waals surface area contributed by atoms with Crippen LogP contribution in [0.3, 0.4) is 0 Å². The highest BCUT2D eigenvalue weighted by Gasteiger charge is 2.31. The molecule has 2 N–H and O–H groups in total. The molecular formula is C12H18BrN3O3S. The SMILES string of the molecule is CCNc1ncc(Br)cc1S(=O)(=O)N1CCC(O)CC1. The molecule has 1 aromatic heterocycles. The summed E-state index contributed by atoms with van der Waals surface area (Å²) in [6.07, 6.45) is 2.10. The molecule has 8 heteroatoms. The van der Waals surface area contributed by atoms with E-state index in [4.69, 9.17) is 0 Å². The van der Waals surface area contributed by atoms with Gasteiger partial charge in [0.2, 0.25) is 10.0 Å². The third kappa shape index (κ3) is 3.30. The number of aliphatic hydroxyl groups excluding tert-OH is 1. The second-order valence-electron chi connectivity index (χ2n) is 4.67. The first-order valence-electron chi connectivity index (χ1n) is 6.52. The molecule has 2 rings (SSSR count). The van der Waals surface area contributed by atoms with Gasteiger partial charge in [0.1, 0.15) is 10.7 Å². The van der Waals surface area contributed by atoms with E-state index in [9.17, 15) is 13.5 Å². The van der Waals surface area contributed by atoms with Gasteiger partial charge < -0.3 is 10.4 Å². The molecular weight excluding hydrogens is 346 g/mol. The van der Waals surface area contributed by atoms with Crippen LogP contribution in [0, 0.1) is 0 Å². The first-order chi connectivity index (χ1) is 9.45. The fraction of sp³-hybridized carbons (Fsp3) is 0.583. The second-order valence-corrected chi connectivity index (χ2v) is 7.49. The average Bonchev–Trinajstić information content (AvgIpc) is 2.41. The molecule has 1 aliphatic rings. The number of pyridine rings is 1. The van der Waals surface area contributed by atoms with Gasteiger partial charge in [0.05, 0.1) is 6.10 Å². The zero-order chi connectivity index (χ0) is 14.8. The molecule has 20 heavy (non-hydrogen) atoms. The standard InChI is InChI=1S/C12H18BrN3O3S/c1-2-14-12-11(7-9(13)8-15-12)20(18,19)16-5-3-10(17)4-6-16/h7-8,10,17H,2-6H2,1H3,(H,14,15). The molecule has 0 aliphatic carbocycles. The van der Waals surface area contributed by atoms with E-state index in [0.29, 0.717) is 42.8 Å². The zero-order valence-electron chi connectivity index (χ0n) is 11.2. The van der Waals surface area contributed by atoms with Crippen molar-refractivity contribution in [2.45, 2.75) is 30.8 Å². The number of piperidine rings is 1. The molecule has 1 fully saturated rings. The Morgan fingerprint density at radius 2 is 2.15 bits per heavy atom. The van der Waals surface area contributed by atoms with Crippen LogP contribution in [-0.2, 0) is 10.0 Å². The van der Waals surface area contributed by atoms with Gasteiger partial charge in [0, 0.05) is 30.3 Å². The van der Waals surface area contributed by atoms with E-state index in [1.807, 2.05) is 6.92 Å².